The number of halogens is 1. The molecule has 0 aromatic rings. The summed E-state index contributed by atoms with van der Waals surface area (Å²) in [6.07, 6.45) is 2.80. The second-order valence-corrected chi connectivity index (χ2v) is 7.68. The summed E-state index contributed by atoms with van der Waals surface area (Å²) >= 11 is 3.44. The molecule has 2 fully saturated rings. The Morgan fingerprint density at radius 3 is 2.50 bits per heavy atom. The molecule has 0 saturated carbocycles. The van der Waals surface area contributed by atoms with Gasteiger partial charge in [0.25, 0.3) is 0 Å². The number of rotatable bonds is 3. The number of ether oxygens (including phenoxy) is 1. The first-order valence-corrected chi connectivity index (χ1v) is 7.58. The van der Waals surface area contributed by atoms with Crippen LogP contribution in [0, 0.1) is 0 Å². The van der Waals surface area contributed by atoms with E-state index in [1.54, 1.807) is 0 Å². The van der Waals surface area contributed by atoms with Gasteiger partial charge in [0.15, 0.2) is 0 Å². The third-order valence-electron chi connectivity index (χ3n) is 3.65. The van der Waals surface area contributed by atoms with Crippen molar-refractivity contribution in [1.29, 1.82) is 0 Å². The Morgan fingerprint density at radius 2 is 2.00 bits per heavy atom. The van der Waals surface area contributed by atoms with Gasteiger partial charge in [-0.1, -0.05) is 15.9 Å². The van der Waals surface area contributed by atoms with Crippen LogP contribution in [0.4, 0.5) is 0 Å². The van der Waals surface area contributed by atoms with E-state index < -0.39 is 4.32 Å². The van der Waals surface area contributed by atoms with Crippen molar-refractivity contribution < 1.29 is 9.53 Å². The molecule has 1 amide bonds. The largest absolute Gasteiger partial charge is 0.377 e. The lowest BCUT2D eigenvalue weighted by molar-refractivity contribution is -0.134. The number of piperazine rings is 1. The van der Waals surface area contributed by atoms with Crippen LogP contribution in [0.1, 0.15) is 26.7 Å². The van der Waals surface area contributed by atoms with E-state index in [-0.39, 0.29) is 5.91 Å². The van der Waals surface area contributed by atoms with Gasteiger partial charge in [0.2, 0.25) is 5.91 Å². The van der Waals surface area contributed by atoms with Gasteiger partial charge in [0, 0.05) is 39.3 Å². The molecule has 0 radical (unpaired) electrons. The fourth-order valence-corrected chi connectivity index (χ4v) is 2.84. The summed E-state index contributed by atoms with van der Waals surface area (Å²) in [4.78, 5) is 16.5. The van der Waals surface area contributed by atoms with E-state index in [1.165, 1.54) is 12.8 Å². The van der Waals surface area contributed by atoms with Gasteiger partial charge in [-0.2, -0.15) is 0 Å². The number of nitrogens with zero attached hydrogens (tertiary/aromatic N) is 2. The predicted octanol–water partition coefficient (Wildman–Crippen LogP) is 1.48. The molecule has 2 aliphatic rings. The average Bonchev–Trinajstić information content (AvgIpc) is 2.81. The van der Waals surface area contributed by atoms with Crippen LogP contribution in [0.25, 0.3) is 0 Å². The molecule has 0 N–H and O–H groups in total. The molecule has 0 aromatic heterocycles. The van der Waals surface area contributed by atoms with Gasteiger partial charge in [-0.15, -0.1) is 0 Å². The first-order chi connectivity index (χ1) is 8.47. The molecule has 2 rings (SSSR count). The zero-order chi connectivity index (χ0) is 13.2. The summed E-state index contributed by atoms with van der Waals surface area (Å²) in [6.45, 7) is 9.37. The number of amides is 1. The molecule has 2 heterocycles. The Balaban J connectivity index is 1.75. The zero-order valence-corrected chi connectivity index (χ0v) is 12.9. The van der Waals surface area contributed by atoms with E-state index in [9.17, 15) is 4.79 Å². The maximum Gasteiger partial charge on any atom is 0.238 e. The molecule has 0 aliphatic carbocycles. The van der Waals surface area contributed by atoms with Crippen molar-refractivity contribution in [3.8, 4) is 0 Å². The van der Waals surface area contributed by atoms with E-state index in [1.807, 2.05) is 18.7 Å². The number of carbonyl (C=O) groups is 1. The number of carbonyl (C=O) groups excluding carboxylic acids is 1. The van der Waals surface area contributed by atoms with Crippen LogP contribution in [0.5, 0.6) is 0 Å². The second kappa shape index (κ2) is 5.88. The minimum atomic E-state index is -0.441. The number of hydrogen-bond donors (Lipinski definition) is 0. The Bertz CT molecular complexity index is 290. The summed E-state index contributed by atoms with van der Waals surface area (Å²) in [7, 11) is 0. The standard InChI is InChI=1S/C13H23BrN2O2/c1-13(2,14)12(17)16-7-5-15(6-8-16)10-11-4-3-9-18-11/h11H,3-10H2,1-2H3. The summed E-state index contributed by atoms with van der Waals surface area (Å²) in [5.41, 5.74) is 0. The lowest BCUT2D eigenvalue weighted by Crippen LogP contribution is -2.53. The van der Waals surface area contributed by atoms with Gasteiger partial charge in [-0.3, -0.25) is 9.69 Å². The lowest BCUT2D eigenvalue weighted by atomic mass is 10.1. The minimum absolute atomic E-state index is 0.194. The zero-order valence-electron chi connectivity index (χ0n) is 11.3. The summed E-state index contributed by atoms with van der Waals surface area (Å²) < 4.78 is 5.21. The van der Waals surface area contributed by atoms with Crippen LogP contribution in [0.3, 0.4) is 0 Å². The first kappa shape index (κ1) is 14.3. The Morgan fingerprint density at radius 1 is 1.33 bits per heavy atom. The highest BCUT2D eigenvalue weighted by Gasteiger charge is 2.31. The highest BCUT2D eigenvalue weighted by Crippen LogP contribution is 2.21. The molecule has 0 bridgehead atoms. The molecule has 18 heavy (non-hydrogen) atoms. The van der Waals surface area contributed by atoms with E-state index >= 15 is 0 Å². The van der Waals surface area contributed by atoms with Crippen molar-refractivity contribution in [3.05, 3.63) is 0 Å². The molecule has 0 spiro atoms. The van der Waals surface area contributed by atoms with Crippen LogP contribution in [0.2, 0.25) is 0 Å². The second-order valence-electron chi connectivity index (χ2n) is 5.70. The van der Waals surface area contributed by atoms with Gasteiger partial charge in [0.1, 0.15) is 0 Å². The molecule has 2 saturated heterocycles. The maximum atomic E-state index is 12.1. The Hall–Kier alpha value is -0.130. The van der Waals surface area contributed by atoms with Crippen LogP contribution < -0.4 is 0 Å². The molecule has 2 aliphatic heterocycles. The molecular weight excluding hydrogens is 296 g/mol. The summed E-state index contributed by atoms with van der Waals surface area (Å²) in [5.74, 6) is 0.194. The highest BCUT2D eigenvalue weighted by molar-refractivity contribution is 9.10. The monoisotopic (exact) mass is 318 g/mol. The number of hydrogen-bond acceptors (Lipinski definition) is 3. The van der Waals surface area contributed by atoms with E-state index in [2.05, 4.69) is 20.8 Å². The third kappa shape index (κ3) is 3.68. The van der Waals surface area contributed by atoms with Crippen molar-refractivity contribution in [1.82, 2.24) is 9.80 Å². The molecular formula is C13H23BrN2O2. The van der Waals surface area contributed by atoms with Crippen molar-refractivity contribution >= 4 is 21.8 Å². The SMILES string of the molecule is CC(C)(Br)C(=O)N1CCN(CC2CCCO2)CC1. The quantitative estimate of drug-likeness (QED) is 0.739. The van der Waals surface area contributed by atoms with Crippen molar-refractivity contribution in [3.63, 3.8) is 0 Å². The van der Waals surface area contributed by atoms with Crippen molar-refractivity contribution in [2.45, 2.75) is 37.1 Å². The van der Waals surface area contributed by atoms with Crippen LogP contribution in [0.15, 0.2) is 0 Å². The fourth-order valence-electron chi connectivity index (χ4n) is 2.59. The van der Waals surface area contributed by atoms with Gasteiger partial charge >= 0.3 is 0 Å². The minimum Gasteiger partial charge on any atom is -0.377 e. The average molecular weight is 319 g/mol. The summed E-state index contributed by atoms with van der Waals surface area (Å²) in [5, 5.41) is 0. The lowest BCUT2D eigenvalue weighted by Gasteiger charge is -2.37. The van der Waals surface area contributed by atoms with Gasteiger partial charge < -0.3 is 9.64 Å². The van der Waals surface area contributed by atoms with Crippen LogP contribution in [-0.2, 0) is 9.53 Å². The van der Waals surface area contributed by atoms with E-state index in [4.69, 9.17) is 4.74 Å². The highest BCUT2D eigenvalue weighted by atomic mass is 79.9. The molecule has 5 heteroatoms. The van der Waals surface area contributed by atoms with Crippen LogP contribution >= 0.6 is 15.9 Å². The summed E-state index contributed by atoms with van der Waals surface area (Å²) in [6, 6.07) is 0. The Kier molecular flexibility index (Phi) is 4.67. The van der Waals surface area contributed by atoms with E-state index in [0.717, 1.165) is 39.3 Å². The van der Waals surface area contributed by atoms with Crippen LogP contribution in [-0.4, -0.2) is 65.5 Å². The third-order valence-corrected chi connectivity index (χ3v) is 3.99. The first-order valence-electron chi connectivity index (χ1n) is 6.79. The predicted molar refractivity (Wildman–Crippen MR) is 75.0 cm³/mol. The van der Waals surface area contributed by atoms with Gasteiger partial charge in [0.05, 0.1) is 10.4 Å². The smallest absolute Gasteiger partial charge is 0.238 e. The van der Waals surface area contributed by atoms with Gasteiger partial charge in [-0.05, 0) is 26.7 Å². The molecule has 104 valence electrons. The van der Waals surface area contributed by atoms with Crippen molar-refractivity contribution in [2.24, 2.45) is 0 Å². The molecule has 1 unspecified atom stereocenters. The molecule has 1 atom stereocenters. The van der Waals surface area contributed by atoms with Crippen molar-refractivity contribution in [2.75, 3.05) is 39.3 Å². The molecule has 4 nitrogen and oxygen atoms in total. The normalized spacial score (nSPS) is 26.6. The Labute approximate surface area is 118 Å². The maximum absolute atomic E-state index is 12.1. The molecule has 0 aromatic carbocycles. The van der Waals surface area contributed by atoms with Gasteiger partial charge in [-0.25, -0.2) is 0 Å². The topological polar surface area (TPSA) is 32.8 Å². The number of alkyl halides is 1. The van der Waals surface area contributed by atoms with E-state index in [0.29, 0.717) is 6.10 Å². The fraction of sp³-hybridized carbons (Fsp3) is 0.923.